The second-order valence-electron chi connectivity index (χ2n) is 3.03. The summed E-state index contributed by atoms with van der Waals surface area (Å²) in [5, 5.41) is 8.43. The topological polar surface area (TPSA) is 46.5 Å². The number of carboxylic acid groups (broad SMARTS) is 1. The van der Waals surface area contributed by atoms with Crippen LogP contribution < -0.4 is 4.74 Å². The Morgan fingerprint density at radius 2 is 2.20 bits per heavy atom. The molecule has 1 aromatic carbocycles. The first-order valence-electron chi connectivity index (χ1n) is 4.29. The van der Waals surface area contributed by atoms with E-state index in [1.807, 2.05) is 0 Å². The smallest absolute Gasteiger partial charge is 0.328 e. The van der Waals surface area contributed by atoms with Gasteiger partial charge in [-0.15, -0.1) is 0 Å². The first kappa shape index (κ1) is 11.2. The Balaban J connectivity index is 3.20. The molecule has 0 saturated carbocycles. The Hall–Kier alpha value is -1.84. The van der Waals surface area contributed by atoms with Crippen LogP contribution in [0.1, 0.15) is 11.1 Å². The third-order valence-corrected chi connectivity index (χ3v) is 1.85. The molecule has 4 heteroatoms. The number of rotatable bonds is 3. The van der Waals surface area contributed by atoms with Crippen LogP contribution in [0.5, 0.6) is 5.75 Å². The Morgan fingerprint density at radius 3 is 2.73 bits per heavy atom. The highest BCUT2D eigenvalue weighted by Crippen LogP contribution is 2.24. The van der Waals surface area contributed by atoms with Gasteiger partial charge in [-0.25, -0.2) is 9.18 Å². The average molecular weight is 210 g/mol. The molecule has 0 amide bonds. The highest BCUT2D eigenvalue weighted by molar-refractivity contribution is 5.86. The van der Waals surface area contributed by atoms with Crippen LogP contribution in [-0.4, -0.2) is 18.2 Å². The minimum absolute atomic E-state index is 0.144. The van der Waals surface area contributed by atoms with Crippen LogP contribution in [0.4, 0.5) is 4.39 Å². The number of methoxy groups -OCH3 is 1. The third-order valence-electron chi connectivity index (χ3n) is 1.85. The van der Waals surface area contributed by atoms with Gasteiger partial charge in [0.25, 0.3) is 0 Å². The highest BCUT2D eigenvalue weighted by Gasteiger charge is 2.07. The van der Waals surface area contributed by atoms with E-state index in [4.69, 9.17) is 9.84 Å². The molecule has 80 valence electrons. The lowest BCUT2D eigenvalue weighted by Crippen LogP contribution is -1.94. The molecule has 1 rings (SSSR count). The zero-order valence-electron chi connectivity index (χ0n) is 8.45. The number of aryl methyl sites for hydroxylation is 1. The molecule has 0 radical (unpaired) electrons. The highest BCUT2D eigenvalue weighted by atomic mass is 19.1. The van der Waals surface area contributed by atoms with Crippen molar-refractivity contribution in [2.45, 2.75) is 6.92 Å². The van der Waals surface area contributed by atoms with Crippen LogP contribution in [0.25, 0.3) is 6.08 Å². The van der Waals surface area contributed by atoms with Crippen molar-refractivity contribution in [3.05, 3.63) is 35.2 Å². The molecule has 0 bridgehead atoms. The summed E-state index contributed by atoms with van der Waals surface area (Å²) in [6.45, 7) is 1.73. The van der Waals surface area contributed by atoms with Gasteiger partial charge in [0.2, 0.25) is 0 Å². The Kier molecular flexibility index (Phi) is 3.44. The molecule has 0 aliphatic carbocycles. The number of carbonyl (C=O) groups is 1. The van der Waals surface area contributed by atoms with Crippen molar-refractivity contribution < 1.29 is 19.0 Å². The SMILES string of the molecule is COc1cc(C)cc(F)c1C=CC(=O)O. The largest absolute Gasteiger partial charge is 0.496 e. The van der Waals surface area contributed by atoms with E-state index in [0.29, 0.717) is 5.75 Å². The molecular weight excluding hydrogens is 199 g/mol. The summed E-state index contributed by atoms with van der Waals surface area (Å²) in [7, 11) is 1.41. The molecule has 1 aromatic rings. The molecule has 0 saturated heterocycles. The molecule has 0 aliphatic rings. The van der Waals surface area contributed by atoms with Crippen molar-refractivity contribution in [3.63, 3.8) is 0 Å². The van der Waals surface area contributed by atoms with Crippen molar-refractivity contribution in [1.82, 2.24) is 0 Å². The average Bonchev–Trinajstić information content (AvgIpc) is 2.14. The maximum absolute atomic E-state index is 13.4. The van der Waals surface area contributed by atoms with Gasteiger partial charge >= 0.3 is 5.97 Å². The normalized spacial score (nSPS) is 10.6. The fourth-order valence-electron chi connectivity index (χ4n) is 1.21. The molecule has 3 nitrogen and oxygen atoms in total. The van der Waals surface area contributed by atoms with Gasteiger partial charge in [0.15, 0.2) is 0 Å². The minimum Gasteiger partial charge on any atom is -0.496 e. The third kappa shape index (κ3) is 2.80. The van der Waals surface area contributed by atoms with Crippen LogP contribution in [0.3, 0.4) is 0 Å². The van der Waals surface area contributed by atoms with Gasteiger partial charge in [0.1, 0.15) is 11.6 Å². The standard InChI is InChI=1S/C11H11FO3/c1-7-5-9(12)8(3-4-11(13)14)10(6-7)15-2/h3-6H,1-2H3,(H,13,14). The summed E-state index contributed by atoms with van der Waals surface area (Å²) >= 11 is 0. The number of benzene rings is 1. The van der Waals surface area contributed by atoms with Gasteiger partial charge < -0.3 is 9.84 Å². The molecule has 0 aliphatic heterocycles. The predicted molar refractivity (Wildman–Crippen MR) is 54.4 cm³/mol. The summed E-state index contributed by atoms with van der Waals surface area (Å²) in [5.74, 6) is -1.30. The number of hydrogen-bond acceptors (Lipinski definition) is 2. The van der Waals surface area contributed by atoms with E-state index in [1.165, 1.54) is 19.3 Å². The number of aliphatic carboxylic acids is 1. The maximum Gasteiger partial charge on any atom is 0.328 e. The quantitative estimate of drug-likeness (QED) is 0.778. The second kappa shape index (κ2) is 4.59. The molecule has 0 heterocycles. The lowest BCUT2D eigenvalue weighted by atomic mass is 10.1. The Labute approximate surface area is 86.8 Å². The van der Waals surface area contributed by atoms with Crippen LogP contribution in [0.15, 0.2) is 18.2 Å². The number of hydrogen-bond donors (Lipinski definition) is 1. The van der Waals surface area contributed by atoms with E-state index in [0.717, 1.165) is 11.6 Å². The second-order valence-corrected chi connectivity index (χ2v) is 3.03. The van der Waals surface area contributed by atoms with Gasteiger partial charge in [-0.05, 0) is 30.7 Å². The van der Waals surface area contributed by atoms with E-state index in [2.05, 4.69) is 0 Å². The predicted octanol–water partition coefficient (Wildman–Crippen LogP) is 2.24. The van der Waals surface area contributed by atoms with Crippen LogP contribution >= 0.6 is 0 Å². The zero-order chi connectivity index (χ0) is 11.4. The Bertz CT molecular complexity index is 411. The summed E-state index contributed by atoms with van der Waals surface area (Å²) in [4.78, 5) is 10.3. The summed E-state index contributed by atoms with van der Waals surface area (Å²) < 4.78 is 18.4. The van der Waals surface area contributed by atoms with Crippen molar-refractivity contribution in [2.24, 2.45) is 0 Å². The molecular formula is C11H11FO3. The van der Waals surface area contributed by atoms with Gasteiger partial charge in [0, 0.05) is 6.08 Å². The lowest BCUT2D eigenvalue weighted by molar-refractivity contribution is -0.131. The fourth-order valence-corrected chi connectivity index (χ4v) is 1.21. The van der Waals surface area contributed by atoms with Crippen molar-refractivity contribution in [2.75, 3.05) is 7.11 Å². The van der Waals surface area contributed by atoms with Crippen molar-refractivity contribution in [3.8, 4) is 5.75 Å². The molecule has 0 aromatic heterocycles. The van der Waals surface area contributed by atoms with Crippen LogP contribution in [-0.2, 0) is 4.79 Å². The van der Waals surface area contributed by atoms with Gasteiger partial charge in [-0.1, -0.05) is 0 Å². The summed E-state index contributed by atoms with van der Waals surface area (Å²) in [5.41, 5.74) is 0.863. The molecule has 1 N–H and O–H groups in total. The van der Waals surface area contributed by atoms with Crippen molar-refractivity contribution in [1.29, 1.82) is 0 Å². The zero-order valence-corrected chi connectivity index (χ0v) is 8.45. The molecule has 0 atom stereocenters. The molecule has 0 spiro atoms. The van der Waals surface area contributed by atoms with E-state index in [9.17, 15) is 9.18 Å². The Morgan fingerprint density at radius 1 is 1.53 bits per heavy atom. The number of ether oxygens (including phenoxy) is 1. The van der Waals surface area contributed by atoms with E-state index in [1.54, 1.807) is 13.0 Å². The summed E-state index contributed by atoms with van der Waals surface area (Å²) in [6, 6.07) is 2.97. The van der Waals surface area contributed by atoms with E-state index >= 15 is 0 Å². The van der Waals surface area contributed by atoms with Crippen LogP contribution in [0.2, 0.25) is 0 Å². The molecule has 15 heavy (non-hydrogen) atoms. The fraction of sp³-hybridized carbons (Fsp3) is 0.182. The monoisotopic (exact) mass is 210 g/mol. The maximum atomic E-state index is 13.4. The van der Waals surface area contributed by atoms with E-state index in [-0.39, 0.29) is 5.56 Å². The minimum atomic E-state index is -1.13. The molecule has 0 fully saturated rings. The number of halogens is 1. The number of carboxylic acids is 1. The first-order chi connectivity index (χ1) is 7.04. The van der Waals surface area contributed by atoms with Crippen LogP contribution in [0, 0.1) is 12.7 Å². The van der Waals surface area contributed by atoms with E-state index < -0.39 is 11.8 Å². The van der Waals surface area contributed by atoms with Gasteiger partial charge in [-0.2, -0.15) is 0 Å². The molecule has 0 unspecified atom stereocenters. The first-order valence-corrected chi connectivity index (χ1v) is 4.29. The van der Waals surface area contributed by atoms with Gasteiger partial charge in [0.05, 0.1) is 12.7 Å². The lowest BCUT2D eigenvalue weighted by Gasteiger charge is -2.06. The summed E-state index contributed by atoms with van der Waals surface area (Å²) in [6.07, 6.45) is 2.05. The van der Waals surface area contributed by atoms with Crippen molar-refractivity contribution >= 4 is 12.0 Å². The van der Waals surface area contributed by atoms with Gasteiger partial charge in [-0.3, -0.25) is 0 Å².